The number of halogens is 1. The van der Waals surface area contributed by atoms with E-state index in [0.29, 0.717) is 22.6 Å². The van der Waals surface area contributed by atoms with Crippen LogP contribution in [0.1, 0.15) is 42.0 Å². The second-order valence-corrected chi connectivity index (χ2v) is 11.3. The van der Waals surface area contributed by atoms with Gasteiger partial charge in [0.15, 0.2) is 0 Å². The minimum absolute atomic E-state index is 0.218. The molecule has 1 spiro atoms. The molecule has 0 nitrogen and oxygen atoms in total. The predicted molar refractivity (Wildman–Crippen MR) is 145 cm³/mol. The third kappa shape index (κ3) is 2.54. The van der Waals surface area contributed by atoms with E-state index in [9.17, 15) is 0 Å². The molecule has 0 aliphatic heterocycles. The zero-order chi connectivity index (χ0) is 23.0. The van der Waals surface area contributed by atoms with E-state index in [2.05, 4.69) is 133 Å². The summed E-state index contributed by atoms with van der Waals surface area (Å²) in [5.41, 5.74) is 12.6. The lowest BCUT2D eigenvalue weighted by atomic mass is 9.66. The van der Waals surface area contributed by atoms with Gasteiger partial charge in [0.2, 0.25) is 0 Å². The van der Waals surface area contributed by atoms with E-state index >= 15 is 0 Å². The molecule has 4 atom stereocenters. The van der Waals surface area contributed by atoms with Gasteiger partial charge >= 0.3 is 0 Å². The molecular weight excluding hydrogens is 476 g/mol. The van der Waals surface area contributed by atoms with Gasteiger partial charge in [-0.1, -0.05) is 133 Å². The Bertz CT molecular complexity index is 1420. The van der Waals surface area contributed by atoms with Crippen molar-refractivity contribution in [2.75, 3.05) is 0 Å². The van der Waals surface area contributed by atoms with Crippen LogP contribution in [0.4, 0.5) is 0 Å². The van der Waals surface area contributed by atoms with Gasteiger partial charge in [-0.3, -0.25) is 0 Å². The number of fused-ring (bicyclic) bond motifs is 10. The SMILES string of the molecule is CC1C=C(C2=CC(C)C3C(=C2)C2(c4ccccc4-c4ccccc42)c2ccccc23)C=CC1Br. The Morgan fingerprint density at radius 2 is 1.26 bits per heavy atom. The van der Waals surface area contributed by atoms with Gasteiger partial charge in [0, 0.05) is 10.7 Å². The summed E-state index contributed by atoms with van der Waals surface area (Å²) in [6, 6.07) is 27.4. The monoisotopic (exact) mass is 502 g/mol. The van der Waals surface area contributed by atoms with Gasteiger partial charge in [0.05, 0.1) is 5.41 Å². The average Bonchev–Trinajstić information content (AvgIpc) is 3.33. The van der Waals surface area contributed by atoms with Crippen molar-refractivity contribution in [3.8, 4) is 11.1 Å². The lowest BCUT2D eigenvalue weighted by molar-refractivity contribution is 0.584. The summed E-state index contributed by atoms with van der Waals surface area (Å²) in [5, 5.41) is 0. The molecule has 7 rings (SSSR count). The second-order valence-electron chi connectivity index (χ2n) is 10.3. The van der Waals surface area contributed by atoms with Crippen LogP contribution in [0.5, 0.6) is 0 Å². The Hall–Kier alpha value is -2.90. The first-order valence-corrected chi connectivity index (χ1v) is 13.3. The van der Waals surface area contributed by atoms with Crippen molar-refractivity contribution in [3.05, 3.63) is 142 Å². The van der Waals surface area contributed by atoms with E-state index in [4.69, 9.17) is 0 Å². The Kier molecular flexibility index (Phi) is 4.39. The zero-order valence-corrected chi connectivity index (χ0v) is 21.1. The Labute approximate surface area is 210 Å². The van der Waals surface area contributed by atoms with E-state index in [1.165, 1.54) is 44.5 Å². The van der Waals surface area contributed by atoms with Crippen LogP contribution in [-0.4, -0.2) is 4.83 Å². The molecule has 0 radical (unpaired) electrons. The highest BCUT2D eigenvalue weighted by Gasteiger charge is 2.56. The van der Waals surface area contributed by atoms with Crippen LogP contribution < -0.4 is 0 Å². The Morgan fingerprint density at radius 1 is 0.676 bits per heavy atom. The number of benzene rings is 3. The second kappa shape index (κ2) is 7.30. The van der Waals surface area contributed by atoms with Crippen LogP contribution in [0.15, 0.2) is 120 Å². The molecular formula is C33H27Br. The topological polar surface area (TPSA) is 0 Å². The predicted octanol–water partition coefficient (Wildman–Crippen LogP) is 8.50. The Balaban J connectivity index is 1.54. The highest BCUT2D eigenvalue weighted by molar-refractivity contribution is 9.09. The molecule has 0 amide bonds. The molecule has 0 fully saturated rings. The molecule has 0 bridgehead atoms. The van der Waals surface area contributed by atoms with Crippen molar-refractivity contribution in [3.63, 3.8) is 0 Å². The van der Waals surface area contributed by atoms with Crippen LogP contribution in [0.3, 0.4) is 0 Å². The van der Waals surface area contributed by atoms with Crippen molar-refractivity contribution < 1.29 is 0 Å². The van der Waals surface area contributed by atoms with Gasteiger partial charge in [-0.05, 0) is 61.9 Å². The standard InChI is InChI=1S/C33H27Br/c1-20-17-22(15-16-31(20)34)23-18-21(2)32-26-11-5-8-14-29(26)33(30(32)19-23)27-12-6-3-9-24(27)25-10-4-7-13-28(25)33/h3-21,31-32H,1-2H3. The fraction of sp³-hybridized carbons (Fsp3) is 0.212. The van der Waals surface area contributed by atoms with Crippen LogP contribution in [0, 0.1) is 11.8 Å². The quantitative estimate of drug-likeness (QED) is 0.292. The van der Waals surface area contributed by atoms with Crippen LogP contribution >= 0.6 is 15.9 Å². The molecule has 0 heterocycles. The maximum atomic E-state index is 3.80. The van der Waals surface area contributed by atoms with Crippen LogP contribution in [-0.2, 0) is 5.41 Å². The van der Waals surface area contributed by atoms with Crippen LogP contribution in [0.2, 0.25) is 0 Å². The van der Waals surface area contributed by atoms with Crippen molar-refractivity contribution in [1.29, 1.82) is 0 Å². The molecule has 4 unspecified atom stereocenters. The van der Waals surface area contributed by atoms with Gasteiger partial charge in [0.1, 0.15) is 0 Å². The molecule has 0 saturated heterocycles. The molecule has 4 aliphatic rings. The van der Waals surface area contributed by atoms with Crippen molar-refractivity contribution in [2.45, 2.75) is 30.0 Å². The first kappa shape index (κ1) is 20.5. The third-order valence-corrected chi connectivity index (χ3v) is 9.58. The lowest BCUT2D eigenvalue weighted by Crippen LogP contribution is -2.29. The molecule has 3 aromatic carbocycles. The molecule has 0 N–H and O–H groups in total. The van der Waals surface area contributed by atoms with Gasteiger partial charge in [-0.2, -0.15) is 0 Å². The van der Waals surface area contributed by atoms with Crippen molar-refractivity contribution in [2.24, 2.45) is 11.8 Å². The average molecular weight is 503 g/mol. The van der Waals surface area contributed by atoms with Crippen molar-refractivity contribution >= 4 is 15.9 Å². The van der Waals surface area contributed by atoms with Gasteiger partial charge in [-0.25, -0.2) is 0 Å². The van der Waals surface area contributed by atoms with E-state index < -0.39 is 0 Å². The minimum atomic E-state index is -0.218. The highest BCUT2D eigenvalue weighted by atomic mass is 79.9. The Morgan fingerprint density at radius 3 is 1.94 bits per heavy atom. The van der Waals surface area contributed by atoms with E-state index in [0.717, 1.165) is 0 Å². The minimum Gasteiger partial charge on any atom is -0.0839 e. The number of rotatable bonds is 1. The number of hydrogen-bond acceptors (Lipinski definition) is 0. The number of alkyl halides is 1. The number of allylic oxidation sites excluding steroid dienone is 8. The largest absolute Gasteiger partial charge is 0.0839 e. The maximum Gasteiger partial charge on any atom is 0.0685 e. The first-order chi connectivity index (χ1) is 16.6. The van der Waals surface area contributed by atoms with Crippen molar-refractivity contribution in [1.82, 2.24) is 0 Å². The fourth-order valence-corrected chi connectivity index (χ4v) is 7.34. The smallest absolute Gasteiger partial charge is 0.0685 e. The summed E-state index contributed by atoms with van der Waals surface area (Å²) < 4.78 is 0. The van der Waals surface area contributed by atoms with Gasteiger partial charge in [-0.15, -0.1) is 0 Å². The van der Waals surface area contributed by atoms with Crippen LogP contribution in [0.25, 0.3) is 11.1 Å². The lowest BCUT2D eigenvalue weighted by Gasteiger charge is -2.35. The summed E-state index contributed by atoms with van der Waals surface area (Å²) in [4.78, 5) is 0.411. The van der Waals surface area contributed by atoms with E-state index in [1.54, 1.807) is 5.57 Å². The highest BCUT2D eigenvalue weighted by Crippen LogP contribution is 2.66. The molecule has 0 aromatic heterocycles. The fourth-order valence-electron chi connectivity index (χ4n) is 7.04. The molecule has 3 aromatic rings. The zero-order valence-electron chi connectivity index (χ0n) is 19.5. The normalized spacial score (nSPS) is 27.3. The van der Waals surface area contributed by atoms with E-state index in [-0.39, 0.29) is 5.41 Å². The number of hydrogen-bond donors (Lipinski definition) is 0. The molecule has 1 heteroatoms. The summed E-state index contributed by atoms with van der Waals surface area (Å²) in [5.74, 6) is 1.31. The van der Waals surface area contributed by atoms with E-state index in [1.807, 2.05) is 0 Å². The summed E-state index contributed by atoms with van der Waals surface area (Å²) in [6.07, 6.45) is 12.1. The summed E-state index contributed by atoms with van der Waals surface area (Å²) >= 11 is 3.80. The third-order valence-electron chi connectivity index (χ3n) is 8.44. The molecule has 34 heavy (non-hydrogen) atoms. The van der Waals surface area contributed by atoms with Gasteiger partial charge in [0.25, 0.3) is 0 Å². The molecule has 166 valence electrons. The summed E-state index contributed by atoms with van der Waals surface area (Å²) in [6.45, 7) is 4.70. The first-order valence-electron chi connectivity index (χ1n) is 12.4. The molecule has 0 saturated carbocycles. The summed E-state index contributed by atoms with van der Waals surface area (Å²) in [7, 11) is 0. The molecule has 4 aliphatic carbocycles. The van der Waals surface area contributed by atoms with Gasteiger partial charge < -0.3 is 0 Å². The maximum absolute atomic E-state index is 3.80.